The molecule has 0 amide bonds. The highest BCUT2D eigenvalue weighted by Gasteiger charge is 2.30. The molecule has 0 heterocycles. The Bertz CT molecular complexity index is 714. The lowest BCUT2D eigenvalue weighted by Gasteiger charge is -2.18. The van der Waals surface area contributed by atoms with Gasteiger partial charge in [0.25, 0.3) is 0 Å². The number of hydrogen-bond acceptors (Lipinski definition) is 3. The van der Waals surface area contributed by atoms with Crippen LogP contribution < -0.4 is 10.1 Å². The Hall–Kier alpha value is -2.05. The van der Waals surface area contributed by atoms with Gasteiger partial charge in [-0.25, -0.2) is 0 Å². The first-order valence-corrected chi connectivity index (χ1v) is 8.99. The van der Waals surface area contributed by atoms with E-state index in [1.165, 1.54) is 12.1 Å². The van der Waals surface area contributed by atoms with E-state index in [0.29, 0.717) is 0 Å². The van der Waals surface area contributed by atoms with Crippen molar-refractivity contribution in [3.63, 3.8) is 0 Å². The first-order valence-electron chi connectivity index (χ1n) is 8.99. The number of aliphatic hydroxyl groups excluding tert-OH is 1. The fraction of sp³-hybridized carbons (Fsp3) is 0.429. The van der Waals surface area contributed by atoms with Crippen molar-refractivity contribution in [1.29, 1.82) is 0 Å². The molecule has 0 bridgehead atoms. The number of benzene rings is 2. The highest BCUT2D eigenvalue weighted by Crippen LogP contribution is 2.30. The molecule has 2 atom stereocenters. The van der Waals surface area contributed by atoms with Crippen LogP contribution in [0.5, 0.6) is 5.75 Å². The summed E-state index contributed by atoms with van der Waals surface area (Å²) in [6.07, 6.45) is -4.57. The summed E-state index contributed by atoms with van der Waals surface area (Å²) in [7, 11) is 0. The molecular weight excluding hydrogens is 355 g/mol. The normalized spacial score (nSPS) is 14.2. The third-order valence-corrected chi connectivity index (χ3v) is 4.10. The number of alkyl halides is 3. The zero-order chi connectivity index (χ0) is 20.0. The molecule has 0 spiro atoms. The molecule has 0 fully saturated rings. The predicted molar refractivity (Wildman–Crippen MR) is 99.8 cm³/mol. The molecule has 0 aliphatic carbocycles. The zero-order valence-electron chi connectivity index (χ0n) is 15.8. The number of ether oxygens (including phenoxy) is 1. The molecule has 0 aliphatic rings. The van der Waals surface area contributed by atoms with E-state index >= 15 is 0 Å². The van der Waals surface area contributed by atoms with Crippen LogP contribution in [-0.4, -0.2) is 23.8 Å². The van der Waals surface area contributed by atoms with Gasteiger partial charge in [0.15, 0.2) is 0 Å². The predicted octanol–water partition coefficient (Wildman–Crippen LogP) is 4.75. The van der Waals surface area contributed by atoms with Crippen molar-refractivity contribution in [1.82, 2.24) is 5.32 Å². The average molecular weight is 381 g/mol. The van der Waals surface area contributed by atoms with E-state index in [4.69, 9.17) is 4.74 Å². The average Bonchev–Trinajstić information content (AvgIpc) is 2.60. The molecule has 6 heteroatoms. The van der Waals surface area contributed by atoms with Gasteiger partial charge in [0, 0.05) is 12.6 Å². The second-order valence-electron chi connectivity index (χ2n) is 6.96. The number of aliphatic hydroxyl groups is 1. The summed E-state index contributed by atoms with van der Waals surface area (Å²) in [5.74, 6) is 0.814. The lowest BCUT2D eigenvalue weighted by atomic mass is 10.0. The molecule has 2 rings (SSSR count). The summed E-state index contributed by atoms with van der Waals surface area (Å²) in [6, 6.07) is 12.7. The van der Waals surface area contributed by atoms with E-state index in [-0.39, 0.29) is 24.3 Å². The van der Waals surface area contributed by atoms with Crippen molar-refractivity contribution in [3.05, 3.63) is 65.2 Å². The monoisotopic (exact) mass is 381 g/mol. The van der Waals surface area contributed by atoms with Gasteiger partial charge in [-0.2, -0.15) is 13.2 Å². The van der Waals surface area contributed by atoms with Gasteiger partial charge in [0.05, 0.1) is 17.8 Å². The smallest absolute Gasteiger partial charge is 0.416 e. The summed E-state index contributed by atoms with van der Waals surface area (Å²) < 4.78 is 43.9. The standard InChI is InChI=1S/C21H26F3NO2/c1-14(2)27-19-9-7-16(8-10-19)11-15(3)25-13-20(26)17-5-4-6-18(12-17)21(22,23)24/h4-10,12,14-15,20,25-26H,11,13H2,1-3H3. The summed E-state index contributed by atoms with van der Waals surface area (Å²) in [6.45, 7) is 6.08. The van der Waals surface area contributed by atoms with Crippen LogP contribution in [0, 0.1) is 0 Å². The van der Waals surface area contributed by atoms with Gasteiger partial charge in [-0.15, -0.1) is 0 Å². The van der Waals surface area contributed by atoms with E-state index in [9.17, 15) is 18.3 Å². The molecule has 2 N–H and O–H groups in total. The van der Waals surface area contributed by atoms with E-state index in [0.717, 1.165) is 29.9 Å². The summed E-state index contributed by atoms with van der Waals surface area (Å²) in [4.78, 5) is 0. The molecule has 2 unspecified atom stereocenters. The SMILES string of the molecule is CC(Cc1ccc(OC(C)C)cc1)NCC(O)c1cccc(C(F)(F)F)c1. The van der Waals surface area contributed by atoms with Crippen LogP contribution in [-0.2, 0) is 12.6 Å². The van der Waals surface area contributed by atoms with Crippen LogP contribution in [0.25, 0.3) is 0 Å². The number of halogens is 3. The molecule has 3 nitrogen and oxygen atoms in total. The summed E-state index contributed by atoms with van der Waals surface area (Å²) >= 11 is 0. The number of nitrogens with one attached hydrogen (secondary N) is 1. The molecule has 0 saturated heterocycles. The fourth-order valence-electron chi connectivity index (χ4n) is 2.75. The molecule has 27 heavy (non-hydrogen) atoms. The van der Waals surface area contributed by atoms with Crippen molar-refractivity contribution < 1.29 is 23.0 Å². The van der Waals surface area contributed by atoms with E-state index < -0.39 is 17.8 Å². The second kappa shape index (κ2) is 9.24. The van der Waals surface area contributed by atoms with Gasteiger partial charge < -0.3 is 15.2 Å². The van der Waals surface area contributed by atoms with E-state index in [1.54, 1.807) is 0 Å². The van der Waals surface area contributed by atoms with Crippen molar-refractivity contribution in [3.8, 4) is 5.75 Å². The van der Waals surface area contributed by atoms with Crippen LogP contribution >= 0.6 is 0 Å². The van der Waals surface area contributed by atoms with E-state index in [2.05, 4.69) is 5.32 Å². The molecule has 148 valence electrons. The number of hydrogen-bond donors (Lipinski definition) is 2. The quantitative estimate of drug-likeness (QED) is 0.694. The highest BCUT2D eigenvalue weighted by molar-refractivity contribution is 5.28. The Kier molecular flexibility index (Phi) is 7.27. The highest BCUT2D eigenvalue weighted by atomic mass is 19.4. The Morgan fingerprint density at radius 2 is 1.70 bits per heavy atom. The Morgan fingerprint density at radius 3 is 2.30 bits per heavy atom. The summed E-state index contributed by atoms with van der Waals surface area (Å²) in [5, 5.41) is 13.4. The fourth-order valence-corrected chi connectivity index (χ4v) is 2.75. The maximum absolute atomic E-state index is 12.8. The number of rotatable bonds is 8. The van der Waals surface area contributed by atoms with Gasteiger partial charge in [0.2, 0.25) is 0 Å². The second-order valence-corrected chi connectivity index (χ2v) is 6.96. The first kappa shape index (κ1) is 21.3. The minimum atomic E-state index is -4.41. The maximum atomic E-state index is 12.8. The molecule has 0 radical (unpaired) electrons. The van der Waals surface area contributed by atoms with Crippen LogP contribution in [0.1, 0.15) is 43.6 Å². The topological polar surface area (TPSA) is 41.5 Å². The van der Waals surface area contributed by atoms with Crippen molar-refractivity contribution in [2.45, 2.75) is 51.6 Å². The zero-order valence-corrected chi connectivity index (χ0v) is 15.8. The van der Waals surface area contributed by atoms with Crippen LogP contribution in [0.2, 0.25) is 0 Å². The lowest BCUT2D eigenvalue weighted by Crippen LogP contribution is -2.32. The van der Waals surface area contributed by atoms with Crippen LogP contribution in [0.15, 0.2) is 48.5 Å². The van der Waals surface area contributed by atoms with Gasteiger partial charge in [-0.05, 0) is 62.6 Å². The van der Waals surface area contributed by atoms with Crippen molar-refractivity contribution in [2.75, 3.05) is 6.54 Å². The van der Waals surface area contributed by atoms with Crippen LogP contribution in [0.4, 0.5) is 13.2 Å². The van der Waals surface area contributed by atoms with Gasteiger partial charge in [-0.1, -0.05) is 24.3 Å². The van der Waals surface area contributed by atoms with Gasteiger partial charge in [-0.3, -0.25) is 0 Å². The minimum Gasteiger partial charge on any atom is -0.491 e. The van der Waals surface area contributed by atoms with Crippen molar-refractivity contribution in [2.24, 2.45) is 0 Å². The molecule has 0 aliphatic heterocycles. The van der Waals surface area contributed by atoms with Gasteiger partial charge >= 0.3 is 6.18 Å². The maximum Gasteiger partial charge on any atom is 0.416 e. The molecular formula is C21H26F3NO2. The third kappa shape index (κ3) is 6.88. The molecule has 2 aromatic carbocycles. The molecule has 0 aromatic heterocycles. The Labute approximate surface area is 158 Å². The van der Waals surface area contributed by atoms with Crippen molar-refractivity contribution >= 4 is 0 Å². The summed E-state index contributed by atoms with van der Waals surface area (Å²) in [5.41, 5.74) is 0.607. The minimum absolute atomic E-state index is 0.0577. The first-order chi connectivity index (χ1) is 12.6. The van der Waals surface area contributed by atoms with Gasteiger partial charge in [0.1, 0.15) is 5.75 Å². The lowest BCUT2D eigenvalue weighted by molar-refractivity contribution is -0.137. The Morgan fingerprint density at radius 1 is 1.04 bits per heavy atom. The third-order valence-electron chi connectivity index (χ3n) is 4.10. The largest absolute Gasteiger partial charge is 0.491 e. The van der Waals surface area contributed by atoms with E-state index in [1.807, 2.05) is 45.0 Å². The Balaban J connectivity index is 1.87. The van der Waals surface area contributed by atoms with Crippen LogP contribution in [0.3, 0.4) is 0 Å². The molecule has 0 saturated carbocycles. The molecule has 2 aromatic rings.